The standard InChI is InChI=1S/C25H19NO.2C7H7.Zr/c27-25(17-18-9-3-1-4-10-18)22-16-8-12-19-11-7-15-21(23(19)22)24(25)26-20-13-5-2-6-14-20;2*1-7-5-3-2-4-6-7;/h1-16,27H,17H2;2*2-6H,1H2;/q;2*-1;. The average Bonchev–Trinajstić information content (AvgIpc) is 3.24. The average molecular weight is 623 g/mol. The van der Waals surface area contributed by atoms with Gasteiger partial charge in [0.1, 0.15) is 5.60 Å². The number of para-hydroxylation sites is 1. The summed E-state index contributed by atoms with van der Waals surface area (Å²) in [7, 11) is 0. The summed E-state index contributed by atoms with van der Waals surface area (Å²) >= 11 is 0. The minimum atomic E-state index is -1.15. The van der Waals surface area contributed by atoms with E-state index in [-0.39, 0.29) is 26.2 Å². The molecule has 0 radical (unpaired) electrons. The summed E-state index contributed by atoms with van der Waals surface area (Å²) in [6.07, 6.45) is 0.493. The maximum Gasteiger partial charge on any atom is 0.137 e. The molecule has 6 aromatic rings. The van der Waals surface area contributed by atoms with Gasteiger partial charge in [0.05, 0.1) is 11.4 Å². The van der Waals surface area contributed by atoms with E-state index in [0.29, 0.717) is 6.42 Å². The smallest absolute Gasteiger partial charge is 0.137 e. The van der Waals surface area contributed by atoms with Crippen molar-refractivity contribution in [2.75, 3.05) is 0 Å². The Balaban J connectivity index is 0.000000222. The van der Waals surface area contributed by atoms with Gasteiger partial charge in [0.2, 0.25) is 0 Å². The van der Waals surface area contributed by atoms with Crippen molar-refractivity contribution in [3.8, 4) is 0 Å². The second-order valence-corrected chi connectivity index (χ2v) is 10.00. The van der Waals surface area contributed by atoms with Crippen molar-refractivity contribution in [3.63, 3.8) is 0 Å². The molecule has 7 rings (SSSR count). The molecule has 0 heterocycles. The van der Waals surface area contributed by atoms with Gasteiger partial charge in [-0.15, -0.1) is 24.3 Å². The maximum absolute atomic E-state index is 12.0. The summed E-state index contributed by atoms with van der Waals surface area (Å²) < 4.78 is 0. The topological polar surface area (TPSA) is 32.6 Å². The van der Waals surface area contributed by atoms with Gasteiger partial charge in [0.25, 0.3) is 0 Å². The van der Waals surface area contributed by atoms with Gasteiger partial charge >= 0.3 is 0 Å². The van der Waals surface area contributed by atoms with E-state index >= 15 is 0 Å². The summed E-state index contributed by atoms with van der Waals surface area (Å²) in [5.41, 5.74) is 5.61. The molecule has 42 heavy (non-hydrogen) atoms. The molecule has 2 nitrogen and oxygen atoms in total. The Bertz CT molecular complexity index is 1680. The fraction of sp³-hybridized carbons (Fsp3) is 0.0513. The number of rotatable bonds is 3. The zero-order valence-corrected chi connectivity index (χ0v) is 26.0. The summed E-state index contributed by atoms with van der Waals surface area (Å²) in [5.74, 6) is 0. The van der Waals surface area contributed by atoms with Gasteiger partial charge in [-0.3, -0.25) is 0 Å². The molecular formula is C39H33NOZr-2. The molecule has 0 spiro atoms. The first-order valence-corrected chi connectivity index (χ1v) is 13.7. The molecule has 0 aliphatic heterocycles. The van der Waals surface area contributed by atoms with Gasteiger partial charge in [0, 0.05) is 38.2 Å². The second-order valence-electron chi connectivity index (χ2n) is 10.00. The molecule has 0 aromatic heterocycles. The number of hydrogen-bond acceptors (Lipinski definition) is 2. The molecule has 0 amide bonds. The van der Waals surface area contributed by atoms with Crippen molar-refractivity contribution in [1.29, 1.82) is 0 Å². The van der Waals surface area contributed by atoms with Crippen LogP contribution in [0.3, 0.4) is 0 Å². The predicted octanol–water partition coefficient (Wildman–Crippen LogP) is 9.14. The van der Waals surface area contributed by atoms with Crippen LogP contribution < -0.4 is 0 Å². The van der Waals surface area contributed by atoms with Crippen LogP contribution in [0.25, 0.3) is 10.8 Å². The van der Waals surface area contributed by atoms with Crippen molar-refractivity contribution < 1.29 is 31.3 Å². The molecular weight excluding hydrogens is 590 g/mol. The van der Waals surface area contributed by atoms with E-state index in [1.54, 1.807) is 0 Å². The van der Waals surface area contributed by atoms with Crippen LogP contribution in [0.15, 0.2) is 163 Å². The van der Waals surface area contributed by atoms with Crippen LogP contribution >= 0.6 is 0 Å². The number of nitrogens with zero attached hydrogens (tertiary/aromatic N) is 1. The normalized spacial score (nSPS) is 15.5. The minimum Gasteiger partial charge on any atom is -0.378 e. The summed E-state index contributed by atoms with van der Waals surface area (Å²) in [6.45, 7) is 7.44. The van der Waals surface area contributed by atoms with E-state index in [9.17, 15) is 5.11 Å². The van der Waals surface area contributed by atoms with E-state index in [0.717, 1.165) is 50.0 Å². The second kappa shape index (κ2) is 14.6. The van der Waals surface area contributed by atoms with Crippen molar-refractivity contribution >= 4 is 22.2 Å². The Morgan fingerprint density at radius 2 is 1.02 bits per heavy atom. The number of aliphatic imine (C=N–C) groups is 1. The van der Waals surface area contributed by atoms with E-state index in [1.807, 2.05) is 127 Å². The van der Waals surface area contributed by atoms with Gasteiger partial charge in [-0.1, -0.05) is 97.1 Å². The largest absolute Gasteiger partial charge is 0.378 e. The number of hydrogen-bond donors (Lipinski definition) is 1. The first kappa shape index (κ1) is 30.8. The molecule has 0 bridgehead atoms. The molecule has 1 atom stereocenters. The van der Waals surface area contributed by atoms with Crippen LogP contribution in [0.4, 0.5) is 5.69 Å². The molecule has 1 aliphatic rings. The van der Waals surface area contributed by atoms with Crippen LogP contribution in [-0.2, 0) is 38.2 Å². The predicted molar refractivity (Wildman–Crippen MR) is 172 cm³/mol. The van der Waals surface area contributed by atoms with Crippen LogP contribution in [0, 0.1) is 13.8 Å². The van der Waals surface area contributed by atoms with Crippen LogP contribution in [-0.4, -0.2) is 10.8 Å². The number of benzene rings is 6. The van der Waals surface area contributed by atoms with Gasteiger partial charge in [0.15, 0.2) is 0 Å². The van der Waals surface area contributed by atoms with Gasteiger partial charge < -0.3 is 5.11 Å². The SMILES string of the molecule is OC1(Cc2ccccc2)C(=Nc2ccccc2)c2cccc3cccc1c23.[CH2-]c1ccccc1.[CH2-]c1ccccc1.[Zr]. The Morgan fingerprint density at radius 1 is 0.548 bits per heavy atom. The van der Waals surface area contributed by atoms with Crippen molar-refractivity contribution in [2.45, 2.75) is 12.0 Å². The Morgan fingerprint density at radius 3 is 1.52 bits per heavy atom. The molecule has 1 aliphatic carbocycles. The first-order chi connectivity index (χ1) is 20.0. The van der Waals surface area contributed by atoms with Crippen molar-refractivity contribution in [2.24, 2.45) is 4.99 Å². The molecule has 0 saturated carbocycles. The molecule has 1 unspecified atom stereocenters. The third-order valence-electron chi connectivity index (χ3n) is 6.98. The molecule has 0 saturated heterocycles. The quantitative estimate of drug-likeness (QED) is 0.196. The molecule has 206 valence electrons. The van der Waals surface area contributed by atoms with Crippen LogP contribution in [0.5, 0.6) is 0 Å². The van der Waals surface area contributed by atoms with Crippen molar-refractivity contribution in [3.05, 3.63) is 199 Å². The summed E-state index contributed by atoms with van der Waals surface area (Å²) in [5, 5.41) is 14.2. The molecule has 1 N–H and O–H groups in total. The third kappa shape index (κ3) is 7.36. The van der Waals surface area contributed by atoms with Crippen LogP contribution in [0.2, 0.25) is 0 Å². The zero-order valence-electron chi connectivity index (χ0n) is 23.5. The molecule has 3 heteroatoms. The fourth-order valence-corrected chi connectivity index (χ4v) is 5.04. The Kier molecular flexibility index (Phi) is 10.7. The van der Waals surface area contributed by atoms with Crippen molar-refractivity contribution in [1.82, 2.24) is 0 Å². The Labute approximate surface area is 268 Å². The molecule has 0 fully saturated rings. The summed E-state index contributed by atoms with van der Waals surface area (Å²) in [4.78, 5) is 4.91. The first-order valence-electron chi connectivity index (χ1n) is 13.7. The van der Waals surface area contributed by atoms with E-state index in [4.69, 9.17) is 4.99 Å². The monoisotopic (exact) mass is 621 g/mol. The van der Waals surface area contributed by atoms with Gasteiger partial charge in [-0.2, -0.15) is 49.2 Å². The maximum atomic E-state index is 12.0. The van der Waals surface area contributed by atoms with E-state index < -0.39 is 5.60 Å². The van der Waals surface area contributed by atoms with Gasteiger partial charge in [-0.05, 0) is 34.0 Å². The Hall–Kier alpha value is -4.17. The van der Waals surface area contributed by atoms with Gasteiger partial charge in [-0.25, -0.2) is 4.99 Å². The van der Waals surface area contributed by atoms with E-state index in [1.165, 1.54) is 0 Å². The molecule has 6 aromatic carbocycles. The fourth-order valence-electron chi connectivity index (χ4n) is 5.04. The summed E-state index contributed by atoms with van der Waals surface area (Å²) in [6, 6.07) is 52.1. The minimum absolute atomic E-state index is 0. The zero-order chi connectivity index (χ0) is 28.5. The van der Waals surface area contributed by atoms with Crippen LogP contribution in [0.1, 0.15) is 27.8 Å². The van der Waals surface area contributed by atoms with E-state index in [2.05, 4.69) is 44.2 Å². The number of aliphatic hydroxyl groups is 1. The third-order valence-corrected chi connectivity index (χ3v) is 6.98.